The van der Waals surface area contributed by atoms with E-state index >= 15 is 0 Å². The Balaban J connectivity index is 2.53. The number of aromatic nitrogens is 2. The summed E-state index contributed by atoms with van der Waals surface area (Å²) < 4.78 is 0. The van der Waals surface area contributed by atoms with Crippen LogP contribution in [0.5, 0.6) is 0 Å². The van der Waals surface area contributed by atoms with E-state index in [1.54, 1.807) is 0 Å². The van der Waals surface area contributed by atoms with Gasteiger partial charge in [0.15, 0.2) is 11.7 Å². The zero-order valence-electron chi connectivity index (χ0n) is 12.3. The zero-order chi connectivity index (χ0) is 14.9. The molecule has 1 aromatic rings. The SMILES string of the molecule is Cc1nnc(N2CCSC(C)C2C)c(C(N)=NO)c1C. The van der Waals surface area contributed by atoms with Crippen molar-refractivity contribution in [3.05, 3.63) is 16.8 Å². The van der Waals surface area contributed by atoms with Crippen LogP contribution < -0.4 is 10.6 Å². The van der Waals surface area contributed by atoms with Gasteiger partial charge in [-0.2, -0.15) is 16.9 Å². The maximum atomic E-state index is 9.04. The van der Waals surface area contributed by atoms with Crippen LogP contribution in [-0.4, -0.2) is 44.8 Å². The zero-order valence-corrected chi connectivity index (χ0v) is 13.1. The number of aryl methyl sites for hydroxylation is 1. The molecule has 0 amide bonds. The Kier molecular flexibility index (Phi) is 4.37. The van der Waals surface area contributed by atoms with Gasteiger partial charge in [-0.1, -0.05) is 12.1 Å². The van der Waals surface area contributed by atoms with E-state index in [-0.39, 0.29) is 5.84 Å². The van der Waals surface area contributed by atoms with E-state index in [1.165, 1.54) is 0 Å². The van der Waals surface area contributed by atoms with Crippen molar-refractivity contribution in [1.82, 2.24) is 10.2 Å². The molecule has 1 fully saturated rings. The number of anilines is 1. The molecule has 1 saturated heterocycles. The van der Waals surface area contributed by atoms with Crippen LogP contribution in [0.1, 0.15) is 30.7 Å². The van der Waals surface area contributed by atoms with Gasteiger partial charge in [0.25, 0.3) is 0 Å². The molecule has 2 rings (SSSR count). The molecule has 1 aliphatic heterocycles. The lowest BCUT2D eigenvalue weighted by Crippen LogP contribution is -2.46. The fourth-order valence-electron chi connectivity index (χ4n) is 2.39. The second-order valence-electron chi connectivity index (χ2n) is 5.10. The monoisotopic (exact) mass is 295 g/mol. The molecule has 6 nitrogen and oxygen atoms in total. The predicted molar refractivity (Wildman–Crippen MR) is 82.7 cm³/mol. The number of amidine groups is 1. The smallest absolute Gasteiger partial charge is 0.174 e. The summed E-state index contributed by atoms with van der Waals surface area (Å²) >= 11 is 1.95. The molecule has 2 atom stereocenters. The van der Waals surface area contributed by atoms with Crippen LogP contribution in [0.4, 0.5) is 5.82 Å². The van der Waals surface area contributed by atoms with Crippen molar-refractivity contribution in [2.24, 2.45) is 10.9 Å². The van der Waals surface area contributed by atoms with Gasteiger partial charge >= 0.3 is 0 Å². The summed E-state index contributed by atoms with van der Waals surface area (Å²) in [5, 5.41) is 21.2. The van der Waals surface area contributed by atoms with E-state index < -0.39 is 0 Å². The second kappa shape index (κ2) is 5.87. The quantitative estimate of drug-likeness (QED) is 0.372. The van der Waals surface area contributed by atoms with Gasteiger partial charge in [-0.25, -0.2) is 0 Å². The summed E-state index contributed by atoms with van der Waals surface area (Å²) in [6.45, 7) is 9.06. The van der Waals surface area contributed by atoms with Gasteiger partial charge < -0.3 is 15.8 Å². The van der Waals surface area contributed by atoms with Crippen molar-refractivity contribution >= 4 is 23.4 Å². The molecule has 7 heteroatoms. The summed E-state index contributed by atoms with van der Waals surface area (Å²) in [5.41, 5.74) is 8.24. The summed E-state index contributed by atoms with van der Waals surface area (Å²) in [4.78, 5) is 2.20. The fraction of sp³-hybridized carbons (Fsp3) is 0.615. The van der Waals surface area contributed by atoms with E-state index in [1.807, 2.05) is 25.6 Å². The van der Waals surface area contributed by atoms with Gasteiger partial charge in [0.05, 0.1) is 11.3 Å². The number of hydrogen-bond acceptors (Lipinski definition) is 6. The molecule has 1 aromatic heterocycles. The highest BCUT2D eigenvalue weighted by Crippen LogP contribution is 2.31. The predicted octanol–water partition coefficient (Wildman–Crippen LogP) is 1.52. The summed E-state index contributed by atoms with van der Waals surface area (Å²) in [6.07, 6.45) is 0. The largest absolute Gasteiger partial charge is 0.409 e. The number of nitrogens with zero attached hydrogens (tertiary/aromatic N) is 4. The van der Waals surface area contributed by atoms with Gasteiger partial charge in [-0.05, 0) is 26.3 Å². The lowest BCUT2D eigenvalue weighted by molar-refractivity contribution is 0.318. The van der Waals surface area contributed by atoms with Crippen molar-refractivity contribution in [1.29, 1.82) is 0 Å². The normalized spacial score (nSPS) is 24.0. The van der Waals surface area contributed by atoms with Gasteiger partial charge in [0.1, 0.15) is 0 Å². The standard InChI is InChI=1S/C13H21N5OS/c1-7-8(2)15-16-13(11(7)12(14)17-19)18-5-6-20-10(4)9(18)3/h9-10,19H,5-6H2,1-4H3,(H2,14,17). The van der Waals surface area contributed by atoms with Crippen molar-refractivity contribution in [3.8, 4) is 0 Å². The van der Waals surface area contributed by atoms with E-state index in [0.717, 1.165) is 23.6 Å². The molecule has 2 unspecified atom stereocenters. The van der Waals surface area contributed by atoms with Crippen molar-refractivity contribution < 1.29 is 5.21 Å². The molecule has 20 heavy (non-hydrogen) atoms. The van der Waals surface area contributed by atoms with Gasteiger partial charge in [-0.3, -0.25) is 0 Å². The topological polar surface area (TPSA) is 87.6 Å². The minimum atomic E-state index is 0.0913. The van der Waals surface area contributed by atoms with Crippen LogP contribution in [0.2, 0.25) is 0 Å². The van der Waals surface area contributed by atoms with Crippen LogP contribution in [0.25, 0.3) is 0 Å². The van der Waals surface area contributed by atoms with E-state index in [2.05, 4.69) is 34.1 Å². The first kappa shape index (κ1) is 14.9. The van der Waals surface area contributed by atoms with Crippen molar-refractivity contribution in [3.63, 3.8) is 0 Å². The molecule has 0 bridgehead atoms. The first-order valence-corrected chi connectivity index (χ1v) is 7.72. The number of rotatable bonds is 2. The third kappa shape index (κ3) is 2.54. The Morgan fingerprint density at radius 1 is 1.40 bits per heavy atom. The van der Waals surface area contributed by atoms with Crippen molar-refractivity contribution in [2.45, 2.75) is 39.0 Å². The molecular formula is C13H21N5OS. The van der Waals surface area contributed by atoms with Crippen LogP contribution in [0.15, 0.2) is 5.16 Å². The molecule has 0 aromatic carbocycles. The molecule has 0 radical (unpaired) electrons. The number of nitrogens with two attached hydrogens (primary N) is 1. The Hall–Kier alpha value is -1.50. The Labute approximate surface area is 123 Å². The molecule has 0 saturated carbocycles. The number of oxime groups is 1. The minimum absolute atomic E-state index is 0.0913. The van der Waals surface area contributed by atoms with Gasteiger partial charge in [0.2, 0.25) is 0 Å². The van der Waals surface area contributed by atoms with Crippen LogP contribution in [0, 0.1) is 13.8 Å². The van der Waals surface area contributed by atoms with Gasteiger partial charge in [-0.15, -0.1) is 5.10 Å². The molecule has 0 aliphatic carbocycles. The average Bonchev–Trinajstić information content (AvgIpc) is 2.44. The highest BCUT2D eigenvalue weighted by atomic mass is 32.2. The second-order valence-corrected chi connectivity index (χ2v) is 6.59. The molecule has 110 valence electrons. The Morgan fingerprint density at radius 2 is 2.10 bits per heavy atom. The van der Waals surface area contributed by atoms with E-state index in [0.29, 0.717) is 22.7 Å². The average molecular weight is 295 g/mol. The molecule has 3 N–H and O–H groups in total. The third-order valence-electron chi connectivity index (χ3n) is 3.96. The number of thioether (sulfide) groups is 1. The molecule has 0 spiro atoms. The number of hydrogen-bond donors (Lipinski definition) is 2. The molecule has 2 heterocycles. The Morgan fingerprint density at radius 3 is 2.75 bits per heavy atom. The van der Waals surface area contributed by atoms with E-state index in [4.69, 9.17) is 10.9 Å². The maximum absolute atomic E-state index is 9.04. The third-order valence-corrected chi connectivity index (χ3v) is 5.29. The van der Waals surface area contributed by atoms with Crippen LogP contribution in [0.3, 0.4) is 0 Å². The van der Waals surface area contributed by atoms with Crippen LogP contribution >= 0.6 is 11.8 Å². The lowest BCUT2D eigenvalue weighted by atomic mass is 10.1. The highest BCUT2D eigenvalue weighted by Gasteiger charge is 2.30. The summed E-state index contributed by atoms with van der Waals surface area (Å²) in [5.74, 6) is 1.84. The Bertz CT molecular complexity index is 534. The fourth-order valence-corrected chi connectivity index (χ4v) is 3.49. The first-order chi connectivity index (χ1) is 9.47. The summed E-state index contributed by atoms with van der Waals surface area (Å²) in [7, 11) is 0. The molecule has 1 aliphatic rings. The van der Waals surface area contributed by atoms with Gasteiger partial charge in [0, 0.05) is 23.6 Å². The highest BCUT2D eigenvalue weighted by molar-refractivity contribution is 8.00. The minimum Gasteiger partial charge on any atom is -0.409 e. The lowest BCUT2D eigenvalue weighted by Gasteiger charge is -2.39. The summed E-state index contributed by atoms with van der Waals surface area (Å²) in [6, 6.07) is 0.329. The van der Waals surface area contributed by atoms with Crippen LogP contribution in [-0.2, 0) is 0 Å². The maximum Gasteiger partial charge on any atom is 0.174 e. The van der Waals surface area contributed by atoms with E-state index in [9.17, 15) is 0 Å². The first-order valence-electron chi connectivity index (χ1n) is 6.67. The molecular weight excluding hydrogens is 274 g/mol. The van der Waals surface area contributed by atoms with Crippen molar-refractivity contribution in [2.75, 3.05) is 17.2 Å².